The van der Waals surface area contributed by atoms with Crippen molar-refractivity contribution in [3.05, 3.63) is 0 Å². The van der Waals surface area contributed by atoms with Crippen LogP contribution >= 0.6 is 0 Å². The van der Waals surface area contributed by atoms with Gasteiger partial charge in [-0.3, -0.25) is 11.3 Å². The van der Waals surface area contributed by atoms with E-state index in [-0.39, 0.29) is 0 Å². The number of nitrogens with two attached hydrogens (primary N) is 1. The molecule has 0 bridgehead atoms. The Kier molecular flexibility index (Phi) is 3.53. The second kappa shape index (κ2) is 4.24. The summed E-state index contributed by atoms with van der Waals surface area (Å²) in [6.45, 7) is 6.91. The molecule has 0 aromatic carbocycles. The molecule has 2 heteroatoms. The molecule has 1 rings (SSSR count). The minimum atomic E-state index is 0.550. The average Bonchev–Trinajstić information content (AvgIpc) is 2.03. The van der Waals surface area contributed by atoms with Crippen molar-refractivity contribution in [2.45, 2.75) is 46.1 Å². The fourth-order valence-corrected chi connectivity index (χ4v) is 2.39. The molecule has 0 spiro atoms. The van der Waals surface area contributed by atoms with E-state index in [4.69, 9.17) is 5.84 Å². The van der Waals surface area contributed by atoms with E-state index in [9.17, 15) is 0 Å². The van der Waals surface area contributed by atoms with Gasteiger partial charge >= 0.3 is 0 Å². The molecule has 3 atom stereocenters. The number of nitrogens with one attached hydrogen (secondary N) is 1. The van der Waals surface area contributed by atoms with Crippen molar-refractivity contribution in [2.75, 3.05) is 0 Å². The molecule has 0 aromatic heterocycles. The molecule has 1 aliphatic rings. The van der Waals surface area contributed by atoms with Crippen LogP contribution in [-0.4, -0.2) is 6.04 Å². The molecule has 1 saturated carbocycles. The molecule has 0 aromatic rings. The third-order valence-electron chi connectivity index (χ3n) is 3.24. The lowest BCUT2D eigenvalue weighted by molar-refractivity contribution is 0.171. The van der Waals surface area contributed by atoms with Crippen molar-refractivity contribution in [1.82, 2.24) is 5.43 Å². The minimum Gasteiger partial charge on any atom is -0.271 e. The molecule has 1 fully saturated rings. The van der Waals surface area contributed by atoms with Gasteiger partial charge in [-0.05, 0) is 30.6 Å². The predicted octanol–water partition coefficient (Wildman–Crippen LogP) is 1.91. The second-order valence-corrected chi connectivity index (χ2v) is 4.60. The Balaban J connectivity index is 2.50. The van der Waals surface area contributed by atoms with Crippen LogP contribution in [0.4, 0.5) is 0 Å². The van der Waals surface area contributed by atoms with E-state index in [0.717, 1.165) is 17.8 Å². The highest BCUT2D eigenvalue weighted by molar-refractivity contribution is 4.83. The zero-order valence-electron chi connectivity index (χ0n) is 8.51. The van der Waals surface area contributed by atoms with E-state index in [1.807, 2.05) is 0 Å². The van der Waals surface area contributed by atoms with E-state index in [2.05, 4.69) is 26.2 Å². The molecule has 12 heavy (non-hydrogen) atoms. The lowest BCUT2D eigenvalue weighted by Crippen LogP contribution is -2.46. The summed E-state index contributed by atoms with van der Waals surface area (Å²) in [4.78, 5) is 0. The van der Waals surface area contributed by atoms with Crippen LogP contribution in [-0.2, 0) is 0 Å². The number of hydrazine groups is 1. The molecule has 0 saturated heterocycles. The average molecular weight is 170 g/mol. The third-order valence-corrected chi connectivity index (χ3v) is 3.24. The highest BCUT2D eigenvalue weighted by Gasteiger charge is 2.29. The molecule has 72 valence electrons. The monoisotopic (exact) mass is 170 g/mol. The van der Waals surface area contributed by atoms with Crippen molar-refractivity contribution in [2.24, 2.45) is 23.6 Å². The first kappa shape index (κ1) is 10.0. The maximum atomic E-state index is 5.54. The SMILES string of the molecule is CC1CCC(C(C)C)C(NN)C1. The van der Waals surface area contributed by atoms with E-state index < -0.39 is 0 Å². The molecule has 3 unspecified atom stereocenters. The minimum absolute atomic E-state index is 0.550. The van der Waals surface area contributed by atoms with Crippen molar-refractivity contribution in [3.8, 4) is 0 Å². The van der Waals surface area contributed by atoms with Crippen LogP contribution < -0.4 is 11.3 Å². The first-order chi connectivity index (χ1) is 5.65. The van der Waals surface area contributed by atoms with Crippen LogP contribution in [0.15, 0.2) is 0 Å². The van der Waals surface area contributed by atoms with Gasteiger partial charge < -0.3 is 0 Å². The lowest BCUT2D eigenvalue weighted by atomic mass is 9.74. The van der Waals surface area contributed by atoms with Crippen molar-refractivity contribution in [3.63, 3.8) is 0 Å². The van der Waals surface area contributed by atoms with Crippen LogP contribution in [0, 0.1) is 17.8 Å². The molecule has 0 aliphatic heterocycles. The summed E-state index contributed by atoms with van der Waals surface area (Å²) in [6, 6.07) is 0.550. The molecule has 0 radical (unpaired) electrons. The molecule has 0 amide bonds. The maximum absolute atomic E-state index is 5.54. The largest absolute Gasteiger partial charge is 0.271 e. The molecule has 1 aliphatic carbocycles. The van der Waals surface area contributed by atoms with E-state index in [0.29, 0.717) is 6.04 Å². The smallest absolute Gasteiger partial charge is 0.0243 e. The van der Waals surface area contributed by atoms with Gasteiger partial charge in [0, 0.05) is 6.04 Å². The standard InChI is InChI=1S/C10H22N2/c1-7(2)9-5-4-8(3)6-10(9)12-11/h7-10,12H,4-6,11H2,1-3H3. The van der Waals surface area contributed by atoms with Crippen LogP contribution in [0.2, 0.25) is 0 Å². The van der Waals surface area contributed by atoms with E-state index >= 15 is 0 Å². The Labute approximate surface area is 75.9 Å². The van der Waals surface area contributed by atoms with Crippen LogP contribution in [0.5, 0.6) is 0 Å². The van der Waals surface area contributed by atoms with Crippen molar-refractivity contribution < 1.29 is 0 Å². The predicted molar refractivity (Wildman–Crippen MR) is 52.5 cm³/mol. The number of hydrogen-bond donors (Lipinski definition) is 2. The Morgan fingerprint density at radius 2 is 2.00 bits per heavy atom. The molecule has 0 heterocycles. The summed E-state index contributed by atoms with van der Waals surface area (Å²) in [5, 5.41) is 0. The lowest BCUT2D eigenvalue weighted by Gasteiger charge is -2.36. The van der Waals surface area contributed by atoms with Gasteiger partial charge in [0.1, 0.15) is 0 Å². The molecule has 2 nitrogen and oxygen atoms in total. The van der Waals surface area contributed by atoms with Gasteiger partial charge in [-0.15, -0.1) is 0 Å². The topological polar surface area (TPSA) is 38.0 Å². The molecular formula is C10H22N2. The second-order valence-electron chi connectivity index (χ2n) is 4.60. The summed E-state index contributed by atoms with van der Waals surface area (Å²) < 4.78 is 0. The van der Waals surface area contributed by atoms with Gasteiger partial charge in [0.05, 0.1) is 0 Å². The van der Waals surface area contributed by atoms with Crippen LogP contribution in [0.25, 0.3) is 0 Å². The normalized spacial score (nSPS) is 37.2. The van der Waals surface area contributed by atoms with E-state index in [1.165, 1.54) is 19.3 Å². The van der Waals surface area contributed by atoms with Gasteiger partial charge in [-0.25, -0.2) is 0 Å². The Morgan fingerprint density at radius 1 is 1.33 bits per heavy atom. The number of rotatable bonds is 2. The highest BCUT2D eigenvalue weighted by Crippen LogP contribution is 2.32. The number of hydrogen-bond acceptors (Lipinski definition) is 2. The first-order valence-corrected chi connectivity index (χ1v) is 5.11. The highest BCUT2D eigenvalue weighted by atomic mass is 15.2. The Morgan fingerprint density at radius 3 is 2.50 bits per heavy atom. The van der Waals surface area contributed by atoms with E-state index in [1.54, 1.807) is 0 Å². The van der Waals surface area contributed by atoms with Gasteiger partial charge in [-0.1, -0.05) is 27.2 Å². The summed E-state index contributed by atoms with van der Waals surface area (Å²) in [7, 11) is 0. The zero-order valence-corrected chi connectivity index (χ0v) is 8.51. The molecule has 3 N–H and O–H groups in total. The van der Waals surface area contributed by atoms with Crippen molar-refractivity contribution >= 4 is 0 Å². The zero-order chi connectivity index (χ0) is 9.14. The third kappa shape index (κ3) is 2.20. The summed E-state index contributed by atoms with van der Waals surface area (Å²) in [5.41, 5.74) is 2.97. The van der Waals surface area contributed by atoms with Gasteiger partial charge in [0.2, 0.25) is 0 Å². The van der Waals surface area contributed by atoms with Crippen LogP contribution in [0.3, 0.4) is 0 Å². The fraction of sp³-hybridized carbons (Fsp3) is 1.00. The quantitative estimate of drug-likeness (QED) is 0.491. The Hall–Kier alpha value is -0.0800. The summed E-state index contributed by atoms with van der Waals surface area (Å²) in [5.74, 6) is 7.94. The van der Waals surface area contributed by atoms with Gasteiger partial charge in [0.15, 0.2) is 0 Å². The summed E-state index contributed by atoms with van der Waals surface area (Å²) >= 11 is 0. The maximum Gasteiger partial charge on any atom is 0.0243 e. The Bertz CT molecular complexity index is 134. The molecular weight excluding hydrogens is 148 g/mol. The summed E-state index contributed by atoms with van der Waals surface area (Å²) in [6.07, 6.45) is 3.97. The van der Waals surface area contributed by atoms with Gasteiger partial charge in [-0.2, -0.15) is 0 Å². The van der Waals surface area contributed by atoms with Gasteiger partial charge in [0.25, 0.3) is 0 Å². The van der Waals surface area contributed by atoms with Crippen molar-refractivity contribution in [1.29, 1.82) is 0 Å². The fourth-order valence-electron chi connectivity index (χ4n) is 2.39. The van der Waals surface area contributed by atoms with Crippen LogP contribution in [0.1, 0.15) is 40.0 Å². The first-order valence-electron chi connectivity index (χ1n) is 5.11.